The van der Waals surface area contributed by atoms with E-state index in [1.165, 1.54) is 0 Å². The largest absolute Gasteiger partial charge is 0.400 e. The van der Waals surface area contributed by atoms with Crippen molar-refractivity contribution in [2.45, 2.75) is 59.0 Å². The Balaban J connectivity index is 4.15. The van der Waals surface area contributed by atoms with Gasteiger partial charge in [-0.1, -0.05) is 6.42 Å². The van der Waals surface area contributed by atoms with Crippen molar-refractivity contribution in [3.05, 3.63) is 0 Å². The Bertz CT molecular complexity index is 205. The van der Waals surface area contributed by atoms with E-state index in [1.54, 1.807) is 14.2 Å². The highest BCUT2D eigenvalue weighted by molar-refractivity contribution is 6.44. The molecule has 2 unspecified atom stereocenters. The van der Waals surface area contributed by atoms with Crippen LogP contribution >= 0.6 is 0 Å². The summed E-state index contributed by atoms with van der Waals surface area (Å²) < 4.78 is 22.1. The van der Waals surface area contributed by atoms with Gasteiger partial charge in [-0.15, -0.1) is 0 Å². The van der Waals surface area contributed by atoms with Gasteiger partial charge in [-0.3, -0.25) is 4.90 Å². The molecule has 2 atom stereocenters. The van der Waals surface area contributed by atoms with Crippen LogP contribution in [0.4, 0.5) is 0 Å². The Morgan fingerprint density at radius 3 is 1.80 bits per heavy atom. The number of nitrogens with zero attached hydrogens (tertiary/aromatic N) is 1. The average Bonchev–Trinajstić information content (AvgIpc) is 2.43. The summed E-state index contributed by atoms with van der Waals surface area (Å²) in [6.45, 7) is 10.6. The first kappa shape index (κ1) is 20.0. The van der Waals surface area contributed by atoms with Crippen LogP contribution in [0.2, 0.25) is 6.04 Å². The third-order valence-corrected chi connectivity index (χ3v) is 5.31. The van der Waals surface area contributed by atoms with Crippen molar-refractivity contribution in [1.82, 2.24) is 4.90 Å². The van der Waals surface area contributed by atoms with Crippen LogP contribution in [0, 0.1) is 0 Å². The molecule has 0 saturated carbocycles. The Morgan fingerprint density at radius 1 is 0.900 bits per heavy atom. The van der Waals surface area contributed by atoms with Crippen molar-refractivity contribution >= 4 is 9.28 Å². The first-order valence-electron chi connectivity index (χ1n) is 7.65. The van der Waals surface area contributed by atoms with Crippen LogP contribution in [-0.2, 0) is 18.3 Å². The lowest BCUT2D eigenvalue weighted by atomic mass is 10.3. The van der Waals surface area contributed by atoms with Gasteiger partial charge in [-0.2, -0.15) is 0 Å². The van der Waals surface area contributed by atoms with Crippen LogP contribution in [0.3, 0.4) is 0 Å². The van der Waals surface area contributed by atoms with Crippen molar-refractivity contribution in [3.8, 4) is 0 Å². The minimum absolute atomic E-state index is 0.0828. The number of hydrogen-bond donors (Lipinski definition) is 0. The van der Waals surface area contributed by atoms with Gasteiger partial charge in [0.2, 0.25) is 0 Å². The second kappa shape index (κ2) is 12.7. The standard InChI is InChI=1S/C14H33NO4Si/c1-7-18-13(3)15(14(4)19-8-2)11-9-10-12-20(16-5)17-6/h13-14,20H,7-12H2,1-6H3. The summed E-state index contributed by atoms with van der Waals surface area (Å²) in [4.78, 5) is 2.27. The van der Waals surface area contributed by atoms with E-state index in [4.69, 9.17) is 18.3 Å². The molecule has 0 aliphatic rings. The summed E-state index contributed by atoms with van der Waals surface area (Å²) in [5.41, 5.74) is 0. The van der Waals surface area contributed by atoms with Crippen molar-refractivity contribution in [3.63, 3.8) is 0 Å². The third kappa shape index (κ3) is 8.34. The molecule has 0 rings (SSSR count). The molecule has 0 aliphatic heterocycles. The first-order chi connectivity index (χ1) is 9.60. The predicted octanol–water partition coefficient (Wildman–Crippen LogP) is 2.35. The molecular formula is C14H33NO4Si. The van der Waals surface area contributed by atoms with Crippen LogP contribution in [0.1, 0.15) is 40.5 Å². The van der Waals surface area contributed by atoms with Crippen LogP contribution in [-0.4, -0.2) is 60.6 Å². The van der Waals surface area contributed by atoms with Crippen LogP contribution in [0.5, 0.6) is 0 Å². The van der Waals surface area contributed by atoms with E-state index in [-0.39, 0.29) is 12.5 Å². The van der Waals surface area contributed by atoms with Gasteiger partial charge in [0, 0.05) is 34.0 Å². The molecule has 0 heterocycles. The third-order valence-electron chi connectivity index (χ3n) is 3.38. The molecule has 20 heavy (non-hydrogen) atoms. The fraction of sp³-hybridized carbons (Fsp3) is 1.00. The maximum atomic E-state index is 5.70. The molecule has 5 nitrogen and oxygen atoms in total. The number of ether oxygens (including phenoxy) is 2. The topological polar surface area (TPSA) is 40.2 Å². The monoisotopic (exact) mass is 307 g/mol. The second-order valence-corrected chi connectivity index (χ2v) is 7.12. The normalized spacial score (nSPS) is 15.0. The lowest BCUT2D eigenvalue weighted by Crippen LogP contribution is -2.43. The van der Waals surface area contributed by atoms with E-state index in [9.17, 15) is 0 Å². The lowest BCUT2D eigenvalue weighted by Gasteiger charge is -2.33. The molecule has 0 spiro atoms. The molecule has 0 saturated heterocycles. The molecule has 0 aliphatic carbocycles. The highest BCUT2D eigenvalue weighted by Gasteiger charge is 2.20. The molecule has 0 aromatic heterocycles. The second-order valence-electron chi connectivity index (χ2n) is 4.74. The maximum Gasteiger partial charge on any atom is 0.320 e. The number of rotatable bonds is 13. The Kier molecular flexibility index (Phi) is 12.7. The van der Waals surface area contributed by atoms with Crippen molar-refractivity contribution in [2.24, 2.45) is 0 Å². The summed E-state index contributed by atoms with van der Waals surface area (Å²) >= 11 is 0. The van der Waals surface area contributed by atoms with E-state index in [2.05, 4.69) is 18.7 Å². The predicted molar refractivity (Wildman–Crippen MR) is 84.1 cm³/mol. The molecule has 0 N–H and O–H groups in total. The fourth-order valence-corrected chi connectivity index (χ4v) is 3.56. The van der Waals surface area contributed by atoms with E-state index in [0.29, 0.717) is 0 Å². The maximum absolute atomic E-state index is 5.70. The van der Waals surface area contributed by atoms with Gasteiger partial charge in [0.1, 0.15) is 12.5 Å². The van der Waals surface area contributed by atoms with Gasteiger partial charge in [0.05, 0.1) is 0 Å². The first-order valence-corrected chi connectivity index (χ1v) is 9.41. The zero-order chi connectivity index (χ0) is 15.4. The van der Waals surface area contributed by atoms with Crippen LogP contribution in [0.25, 0.3) is 0 Å². The molecule has 0 fully saturated rings. The van der Waals surface area contributed by atoms with Gasteiger partial charge in [0.25, 0.3) is 0 Å². The van der Waals surface area contributed by atoms with Gasteiger partial charge < -0.3 is 18.3 Å². The summed E-state index contributed by atoms with van der Waals surface area (Å²) in [5, 5.41) is 0. The van der Waals surface area contributed by atoms with Crippen molar-refractivity contribution in [1.29, 1.82) is 0 Å². The Hall–Kier alpha value is 0.0169. The minimum atomic E-state index is -1.41. The Labute approximate surface area is 126 Å². The highest BCUT2D eigenvalue weighted by atomic mass is 28.3. The molecular weight excluding hydrogens is 274 g/mol. The van der Waals surface area contributed by atoms with E-state index < -0.39 is 9.28 Å². The van der Waals surface area contributed by atoms with Gasteiger partial charge in [-0.25, -0.2) is 0 Å². The average molecular weight is 308 g/mol. The molecule has 0 radical (unpaired) electrons. The van der Waals surface area contributed by atoms with E-state index in [0.717, 1.165) is 38.6 Å². The Morgan fingerprint density at radius 2 is 1.40 bits per heavy atom. The minimum Gasteiger partial charge on any atom is -0.400 e. The van der Waals surface area contributed by atoms with Crippen LogP contribution < -0.4 is 0 Å². The molecule has 0 bridgehead atoms. The van der Waals surface area contributed by atoms with Crippen LogP contribution in [0.15, 0.2) is 0 Å². The quantitative estimate of drug-likeness (QED) is 0.297. The lowest BCUT2D eigenvalue weighted by molar-refractivity contribution is -0.136. The van der Waals surface area contributed by atoms with Crippen molar-refractivity contribution < 1.29 is 18.3 Å². The summed E-state index contributed by atoms with van der Waals surface area (Å²) in [7, 11) is 2.06. The number of hydrogen-bond acceptors (Lipinski definition) is 5. The van der Waals surface area contributed by atoms with E-state index >= 15 is 0 Å². The molecule has 6 heteroatoms. The zero-order valence-corrected chi connectivity index (χ0v) is 15.2. The molecule has 122 valence electrons. The molecule has 0 aromatic carbocycles. The number of unbranched alkanes of at least 4 members (excludes halogenated alkanes) is 1. The van der Waals surface area contributed by atoms with Gasteiger partial charge >= 0.3 is 9.28 Å². The van der Waals surface area contributed by atoms with Gasteiger partial charge in [0.15, 0.2) is 0 Å². The fourth-order valence-electron chi connectivity index (χ4n) is 2.27. The smallest absolute Gasteiger partial charge is 0.320 e. The van der Waals surface area contributed by atoms with E-state index in [1.807, 2.05) is 13.8 Å². The molecule has 0 aromatic rings. The summed E-state index contributed by atoms with van der Waals surface area (Å²) in [6, 6.07) is 1.05. The molecule has 0 amide bonds. The van der Waals surface area contributed by atoms with Gasteiger partial charge in [-0.05, 0) is 40.2 Å². The zero-order valence-electron chi connectivity index (χ0n) is 14.1. The summed E-state index contributed by atoms with van der Waals surface area (Å²) in [6.07, 6.45) is 2.39. The summed E-state index contributed by atoms with van der Waals surface area (Å²) in [5.74, 6) is 0. The highest BCUT2D eigenvalue weighted by Crippen LogP contribution is 2.12. The van der Waals surface area contributed by atoms with Crippen molar-refractivity contribution in [2.75, 3.05) is 34.0 Å². The SMILES string of the molecule is CCOC(C)N(CCCC[SiH](OC)OC)C(C)OCC.